The van der Waals surface area contributed by atoms with Gasteiger partial charge in [0.25, 0.3) is 5.91 Å². The zero-order valence-electron chi connectivity index (χ0n) is 17.1. The first kappa shape index (κ1) is 23.4. The van der Waals surface area contributed by atoms with Crippen molar-refractivity contribution in [1.29, 1.82) is 0 Å². The number of amides is 1. The van der Waals surface area contributed by atoms with Crippen LogP contribution in [0.2, 0.25) is 5.02 Å². The minimum Gasteiger partial charge on any atom is -0.358 e. The monoisotopic (exact) mass is 452 g/mol. The lowest BCUT2D eigenvalue weighted by molar-refractivity contribution is 0.102. The molecule has 1 N–H and O–H groups in total. The maximum atomic E-state index is 13.9. The number of carbonyl (C=O) groups is 1. The number of aryl methyl sites for hydroxylation is 2. The molecular weight excluding hydrogens is 427 g/mol. The summed E-state index contributed by atoms with van der Waals surface area (Å²) in [4.78, 5) is 23.5. The summed E-state index contributed by atoms with van der Waals surface area (Å²) < 4.78 is 13.9. The molecule has 166 valence electrons. The third-order valence-electron chi connectivity index (χ3n) is 5.24. The van der Waals surface area contributed by atoms with Gasteiger partial charge in [-0.3, -0.25) is 9.79 Å². The molecule has 1 amide bonds. The molecule has 1 aliphatic heterocycles. The molecule has 2 heterocycles. The maximum absolute atomic E-state index is 13.9. The summed E-state index contributed by atoms with van der Waals surface area (Å²) >= 11 is 5.83. The number of hydrogen-bond donors (Lipinski definition) is 1. The molecule has 32 heavy (non-hydrogen) atoms. The molecule has 5 nitrogen and oxygen atoms in total. The smallest absolute Gasteiger partial charge is 0.257 e. The van der Waals surface area contributed by atoms with Crippen molar-refractivity contribution in [2.75, 3.05) is 25.5 Å². The Kier molecular flexibility index (Phi) is 7.59. The average molecular weight is 453 g/mol. The second-order valence-electron chi connectivity index (χ2n) is 7.44. The van der Waals surface area contributed by atoms with Crippen molar-refractivity contribution in [2.45, 2.75) is 20.3 Å². The van der Waals surface area contributed by atoms with Gasteiger partial charge in [-0.1, -0.05) is 49.4 Å². The quantitative estimate of drug-likeness (QED) is 0.556. The number of halogens is 2. The fraction of sp³-hybridized carbons (Fsp3) is 0.240. The van der Waals surface area contributed by atoms with Gasteiger partial charge in [0.05, 0.1) is 11.6 Å². The predicted molar refractivity (Wildman–Crippen MR) is 128 cm³/mol. The van der Waals surface area contributed by atoms with E-state index in [1.54, 1.807) is 18.2 Å². The average Bonchev–Trinajstić information content (AvgIpc) is 3.20. The van der Waals surface area contributed by atoms with Crippen molar-refractivity contribution in [3.8, 4) is 0 Å². The number of aliphatic imine (C=N–C) groups is 1. The summed E-state index contributed by atoms with van der Waals surface area (Å²) in [6.07, 6.45) is 2.78. The first-order chi connectivity index (χ1) is 15.0. The van der Waals surface area contributed by atoms with Crippen molar-refractivity contribution >= 4 is 29.2 Å². The molecule has 0 unspecified atom stereocenters. The largest absolute Gasteiger partial charge is 0.358 e. The number of anilines is 1. The van der Waals surface area contributed by atoms with Crippen molar-refractivity contribution in [3.63, 3.8) is 0 Å². The Morgan fingerprint density at radius 3 is 2.56 bits per heavy atom. The zero-order chi connectivity index (χ0) is 21.8. The molecule has 0 fully saturated rings. The molecular formula is C25H26ClFN4O. The number of aromatic nitrogens is 1. The van der Waals surface area contributed by atoms with Crippen LogP contribution in [0.1, 0.15) is 34.5 Å². The summed E-state index contributed by atoms with van der Waals surface area (Å²) in [6, 6.07) is 15.8. The van der Waals surface area contributed by atoms with Crippen LogP contribution in [0.25, 0.3) is 0 Å². The van der Waals surface area contributed by atoms with Crippen LogP contribution in [0.15, 0.2) is 65.8 Å². The van der Waals surface area contributed by atoms with Crippen LogP contribution in [0.3, 0.4) is 0 Å². The van der Waals surface area contributed by atoms with Gasteiger partial charge in [-0.2, -0.15) is 0 Å². The number of hydrogen-bond acceptors (Lipinski definition) is 4. The van der Waals surface area contributed by atoms with Crippen LogP contribution in [0.5, 0.6) is 0 Å². The van der Waals surface area contributed by atoms with Crippen LogP contribution < -0.4 is 5.32 Å². The van der Waals surface area contributed by atoms with Gasteiger partial charge in [0.15, 0.2) is 0 Å². The van der Waals surface area contributed by atoms with Crippen molar-refractivity contribution in [3.05, 3.63) is 93.9 Å². The number of rotatable bonds is 6. The summed E-state index contributed by atoms with van der Waals surface area (Å²) in [5.41, 5.74) is 3.31. The van der Waals surface area contributed by atoms with Crippen LogP contribution in [-0.4, -0.2) is 41.8 Å². The Morgan fingerprint density at radius 1 is 1.12 bits per heavy atom. The number of likely N-dealkylation sites (N-methyl/N-ethyl adjacent to an activating group) is 1. The summed E-state index contributed by atoms with van der Waals surface area (Å²) in [7, 11) is 2.04. The highest BCUT2D eigenvalue weighted by molar-refractivity contribution is 6.30. The standard InChI is InChI=1S/C24H22ClFN4O.CH4/c1-30-13-12-27-23(30)18-6-3-16(4-7-18)2-5-17-8-10-20(26)14-21(17)24(31)29-22-11-9-19(25)15-28-22;/h3-4,6-11,14-15H,2,5,12-13H2,1H3,(H,28,29,31);1H4. The zero-order valence-corrected chi connectivity index (χ0v) is 17.9. The highest BCUT2D eigenvalue weighted by atomic mass is 35.5. The van der Waals surface area contributed by atoms with Gasteiger partial charge in [0.2, 0.25) is 0 Å². The summed E-state index contributed by atoms with van der Waals surface area (Å²) in [6.45, 7) is 1.77. The SMILES string of the molecule is C.CN1CCN=C1c1ccc(CCc2ccc(F)cc2C(=O)Nc2ccc(Cl)cn2)cc1. The number of amidine groups is 1. The summed E-state index contributed by atoms with van der Waals surface area (Å²) in [5, 5.41) is 3.18. The molecule has 0 bridgehead atoms. The Morgan fingerprint density at radius 2 is 1.91 bits per heavy atom. The fourth-order valence-corrected chi connectivity index (χ4v) is 3.67. The van der Waals surface area contributed by atoms with E-state index in [1.807, 2.05) is 7.05 Å². The lowest BCUT2D eigenvalue weighted by Gasteiger charge is -2.14. The van der Waals surface area contributed by atoms with E-state index in [1.165, 1.54) is 18.3 Å². The van der Waals surface area contributed by atoms with E-state index >= 15 is 0 Å². The van der Waals surface area contributed by atoms with Crippen molar-refractivity contribution in [1.82, 2.24) is 9.88 Å². The molecule has 0 saturated carbocycles. The molecule has 0 spiro atoms. The minimum absolute atomic E-state index is 0. The van der Waals surface area contributed by atoms with Gasteiger partial charge >= 0.3 is 0 Å². The van der Waals surface area contributed by atoms with Crippen LogP contribution in [-0.2, 0) is 12.8 Å². The van der Waals surface area contributed by atoms with E-state index in [4.69, 9.17) is 11.6 Å². The minimum atomic E-state index is -0.455. The van der Waals surface area contributed by atoms with Gasteiger partial charge in [0, 0.05) is 30.9 Å². The van der Waals surface area contributed by atoms with Gasteiger partial charge in [-0.15, -0.1) is 0 Å². The van der Waals surface area contributed by atoms with Gasteiger partial charge in [-0.25, -0.2) is 9.37 Å². The Labute approximate surface area is 193 Å². The van der Waals surface area contributed by atoms with E-state index in [2.05, 4.69) is 44.5 Å². The molecule has 7 heteroatoms. The number of nitrogens with one attached hydrogen (secondary N) is 1. The molecule has 0 radical (unpaired) electrons. The van der Waals surface area contributed by atoms with Gasteiger partial charge in [0.1, 0.15) is 17.5 Å². The Hall–Kier alpha value is -3.25. The Balaban J connectivity index is 0.00000289. The molecule has 0 saturated heterocycles. The molecule has 1 aromatic heterocycles. The van der Waals surface area contributed by atoms with E-state index in [0.717, 1.165) is 42.0 Å². The predicted octanol–water partition coefficient (Wildman–Crippen LogP) is 5.24. The van der Waals surface area contributed by atoms with E-state index in [0.29, 0.717) is 22.8 Å². The van der Waals surface area contributed by atoms with E-state index in [9.17, 15) is 9.18 Å². The highest BCUT2D eigenvalue weighted by Crippen LogP contribution is 2.18. The lowest BCUT2D eigenvalue weighted by Crippen LogP contribution is -2.23. The van der Waals surface area contributed by atoms with Gasteiger partial charge < -0.3 is 10.2 Å². The van der Waals surface area contributed by atoms with E-state index in [-0.39, 0.29) is 7.43 Å². The number of pyridine rings is 1. The normalized spacial score (nSPS) is 12.8. The van der Waals surface area contributed by atoms with Crippen LogP contribution >= 0.6 is 11.6 Å². The molecule has 2 aromatic carbocycles. The third kappa shape index (κ3) is 5.51. The second kappa shape index (κ2) is 10.4. The number of benzene rings is 2. The summed E-state index contributed by atoms with van der Waals surface area (Å²) in [5.74, 6) is 0.519. The van der Waals surface area contributed by atoms with Crippen molar-refractivity contribution < 1.29 is 9.18 Å². The second-order valence-corrected chi connectivity index (χ2v) is 7.88. The maximum Gasteiger partial charge on any atom is 0.257 e. The lowest BCUT2D eigenvalue weighted by atomic mass is 9.98. The van der Waals surface area contributed by atoms with Crippen LogP contribution in [0.4, 0.5) is 10.2 Å². The van der Waals surface area contributed by atoms with Gasteiger partial charge in [-0.05, 0) is 48.2 Å². The topological polar surface area (TPSA) is 57.6 Å². The Bertz CT molecular complexity index is 1110. The van der Waals surface area contributed by atoms with Crippen LogP contribution in [0, 0.1) is 5.82 Å². The van der Waals surface area contributed by atoms with E-state index < -0.39 is 11.7 Å². The molecule has 0 aliphatic carbocycles. The number of nitrogens with zero attached hydrogens (tertiary/aromatic N) is 3. The molecule has 3 aromatic rings. The first-order valence-electron chi connectivity index (χ1n) is 10.1. The molecule has 0 atom stereocenters. The number of carbonyl (C=O) groups excluding carboxylic acids is 1. The third-order valence-corrected chi connectivity index (χ3v) is 5.46. The molecule has 4 rings (SSSR count). The molecule has 1 aliphatic rings. The highest BCUT2D eigenvalue weighted by Gasteiger charge is 2.15. The fourth-order valence-electron chi connectivity index (χ4n) is 3.56. The first-order valence-corrected chi connectivity index (χ1v) is 10.4. The van der Waals surface area contributed by atoms with Crippen molar-refractivity contribution in [2.24, 2.45) is 4.99 Å².